The van der Waals surface area contributed by atoms with Crippen molar-refractivity contribution in [3.8, 4) is 0 Å². The summed E-state index contributed by atoms with van der Waals surface area (Å²) in [4.78, 5) is 0. The molecule has 0 saturated carbocycles. The summed E-state index contributed by atoms with van der Waals surface area (Å²) in [5.74, 6) is -0.985. The van der Waals surface area contributed by atoms with Gasteiger partial charge in [0, 0.05) is 10.0 Å². The molecule has 1 unspecified atom stereocenters. The highest BCUT2D eigenvalue weighted by atomic mass is 79.9. The van der Waals surface area contributed by atoms with Gasteiger partial charge in [-0.1, -0.05) is 34.1 Å². The fourth-order valence-electron chi connectivity index (χ4n) is 2.21. The van der Waals surface area contributed by atoms with Gasteiger partial charge in [-0.25, -0.2) is 8.78 Å². The van der Waals surface area contributed by atoms with Crippen molar-refractivity contribution in [2.24, 2.45) is 11.7 Å². The summed E-state index contributed by atoms with van der Waals surface area (Å²) in [6.45, 7) is 0.393. The molecule has 2 N–H and O–H groups in total. The lowest BCUT2D eigenvalue weighted by Crippen LogP contribution is -2.20. The second-order valence-corrected chi connectivity index (χ2v) is 5.75. The molecule has 0 aliphatic heterocycles. The van der Waals surface area contributed by atoms with Crippen LogP contribution in [0.5, 0.6) is 0 Å². The van der Waals surface area contributed by atoms with Crippen molar-refractivity contribution < 1.29 is 8.78 Å². The van der Waals surface area contributed by atoms with Gasteiger partial charge in [-0.15, -0.1) is 0 Å². The standard InChI is InChI=1S/C16H16BrF2N/c17-13-6-4-11(5-7-13)8-12(10-20)9-14-15(18)2-1-3-16(14)19/h1-7,12H,8-10,20H2. The molecule has 0 bridgehead atoms. The van der Waals surface area contributed by atoms with Crippen LogP contribution in [-0.4, -0.2) is 6.54 Å². The van der Waals surface area contributed by atoms with Crippen molar-refractivity contribution in [3.05, 3.63) is 69.7 Å². The minimum Gasteiger partial charge on any atom is -0.330 e. The Labute approximate surface area is 125 Å². The highest BCUT2D eigenvalue weighted by Gasteiger charge is 2.15. The van der Waals surface area contributed by atoms with E-state index < -0.39 is 11.6 Å². The zero-order valence-corrected chi connectivity index (χ0v) is 12.5. The van der Waals surface area contributed by atoms with Crippen molar-refractivity contribution in [3.63, 3.8) is 0 Å². The molecule has 0 fully saturated rings. The van der Waals surface area contributed by atoms with Crippen LogP contribution in [0.2, 0.25) is 0 Å². The quantitative estimate of drug-likeness (QED) is 0.872. The predicted molar refractivity (Wildman–Crippen MR) is 80.5 cm³/mol. The first kappa shape index (κ1) is 15.1. The fourth-order valence-corrected chi connectivity index (χ4v) is 2.47. The average molecular weight is 340 g/mol. The molecule has 2 aromatic carbocycles. The maximum atomic E-state index is 13.7. The zero-order chi connectivity index (χ0) is 14.5. The molecule has 1 atom stereocenters. The number of hydrogen-bond acceptors (Lipinski definition) is 1. The number of halogens is 3. The summed E-state index contributed by atoms with van der Waals surface area (Å²) in [7, 11) is 0. The third-order valence-electron chi connectivity index (χ3n) is 3.33. The van der Waals surface area contributed by atoms with Gasteiger partial charge < -0.3 is 5.73 Å². The maximum Gasteiger partial charge on any atom is 0.129 e. The minimum absolute atomic E-state index is 0.0163. The zero-order valence-electron chi connectivity index (χ0n) is 11.0. The third kappa shape index (κ3) is 3.87. The van der Waals surface area contributed by atoms with E-state index in [0.29, 0.717) is 19.4 Å². The first-order chi connectivity index (χ1) is 9.60. The molecule has 0 saturated heterocycles. The van der Waals surface area contributed by atoms with Gasteiger partial charge in [0.1, 0.15) is 11.6 Å². The van der Waals surface area contributed by atoms with Crippen LogP contribution in [0.15, 0.2) is 46.9 Å². The fraction of sp³-hybridized carbons (Fsp3) is 0.250. The van der Waals surface area contributed by atoms with Crippen LogP contribution >= 0.6 is 15.9 Å². The van der Waals surface area contributed by atoms with Gasteiger partial charge >= 0.3 is 0 Å². The summed E-state index contributed by atoms with van der Waals surface area (Å²) in [6.07, 6.45) is 1.02. The second-order valence-electron chi connectivity index (χ2n) is 4.84. The molecule has 106 valence electrons. The van der Waals surface area contributed by atoms with Crippen LogP contribution < -0.4 is 5.73 Å². The first-order valence-corrected chi connectivity index (χ1v) is 7.27. The molecule has 0 spiro atoms. The van der Waals surface area contributed by atoms with E-state index >= 15 is 0 Å². The number of nitrogens with two attached hydrogens (primary N) is 1. The highest BCUT2D eigenvalue weighted by molar-refractivity contribution is 9.10. The van der Waals surface area contributed by atoms with Crippen LogP contribution in [0.1, 0.15) is 11.1 Å². The van der Waals surface area contributed by atoms with Gasteiger partial charge in [0.15, 0.2) is 0 Å². The lowest BCUT2D eigenvalue weighted by Gasteiger charge is -2.16. The van der Waals surface area contributed by atoms with Crippen molar-refractivity contribution >= 4 is 15.9 Å². The molecule has 2 rings (SSSR count). The van der Waals surface area contributed by atoms with Crippen molar-refractivity contribution in [1.82, 2.24) is 0 Å². The predicted octanol–water partition coefficient (Wildman–Crippen LogP) is 4.09. The van der Waals surface area contributed by atoms with Gasteiger partial charge in [0.25, 0.3) is 0 Å². The number of benzene rings is 2. The molecule has 0 amide bonds. The van der Waals surface area contributed by atoms with Crippen LogP contribution in [0.25, 0.3) is 0 Å². The SMILES string of the molecule is NCC(Cc1ccc(Br)cc1)Cc1c(F)cccc1F. The molecule has 2 aromatic rings. The van der Waals surface area contributed by atoms with E-state index in [0.717, 1.165) is 10.0 Å². The normalized spacial score (nSPS) is 12.4. The molecule has 4 heteroatoms. The summed E-state index contributed by atoms with van der Waals surface area (Å²) < 4.78 is 28.3. The lowest BCUT2D eigenvalue weighted by atomic mass is 9.92. The van der Waals surface area contributed by atoms with Gasteiger partial charge in [-0.05, 0) is 55.1 Å². The van der Waals surface area contributed by atoms with E-state index in [1.807, 2.05) is 24.3 Å². The van der Waals surface area contributed by atoms with Gasteiger partial charge in [-0.2, -0.15) is 0 Å². The van der Waals surface area contributed by atoms with E-state index in [4.69, 9.17) is 5.73 Å². The van der Waals surface area contributed by atoms with E-state index in [9.17, 15) is 8.78 Å². The molecular weight excluding hydrogens is 324 g/mol. The summed E-state index contributed by atoms with van der Waals surface area (Å²) in [5.41, 5.74) is 6.98. The van der Waals surface area contributed by atoms with Crippen LogP contribution in [-0.2, 0) is 12.8 Å². The Morgan fingerprint density at radius 3 is 2.10 bits per heavy atom. The number of hydrogen-bond donors (Lipinski definition) is 1. The Hall–Kier alpha value is -1.26. The number of rotatable bonds is 5. The lowest BCUT2D eigenvalue weighted by molar-refractivity contribution is 0.485. The van der Waals surface area contributed by atoms with Crippen LogP contribution in [0.4, 0.5) is 8.78 Å². The monoisotopic (exact) mass is 339 g/mol. The van der Waals surface area contributed by atoms with Crippen molar-refractivity contribution in [1.29, 1.82) is 0 Å². The van der Waals surface area contributed by atoms with Crippen molar-refractivity contribution in [2.45, 2.75) is 12.8 Å². The van der Waals surface area contributed by atoms with E-state index in [1.54, 1.807) is 0 Å². The summed E-state index contributed by atoms with van der Waals surface area (Å²) in [5, 5.41) is 0. The van der Waals surface area contributed by atoms with Crippen LogP contribution in [0, 0.1) is 17.6 Å². The van der Waals surface area contributed by atoms with Gasteiger partial charge in [0.05, 0.1) is 0 Å². The summed E-state index contributed by atoms with van der Waals surface area (Å²) in [6, 6.07) is 11.8. The van der Waals surface area contributed by atoms with E-state index in [2.05, 4.69) is 15.9 Å². The van der Waals surface area contributed by atoms with E-state index in [-0.39, 0.29) is 11.5 Å². The van der Waals surface area contributed by atoms with Gasteiger partial charge in [-0.3, -0.25) is 0 Å². The third-order valence-corrected chi connectivity index (χ3v) is 3.85. The average Bonchev–Trinajstić information content (AvgIpc) is 2.44. The molecule has 0 aromatic heterocycles. The molecule has 0 aliphatic rings. The minimum atomic E-state index is -0.501. The molecule has 0 radical (unpaired) electrons. The molecule has 1 nitrogen and oxygen atoms in total. The van der Waals surface area contributed by atoms with Gasteiger partial charge in [0.2, 0.25) is 0 Å². The Morgan fingerprint density at radius 2 is 1.55 bits per heavy atom. The molecular formula is C16H16BrF2N. The Kier molecular flexibility index (Phi) is 5.26. The largest absolute Gasteiger partial charge is 0.330 e. The maximum absolute atomic E-state index is 13.7. The highest BCUT2D eigenvalue weighted by Crippen LogP contribution is 2.20. The smallest absolute Gasteiger partial charge is 0.129 e. The molecule has 20 heavy (non-hydrogen) atoms. The molecule has 0 heterocycles. The first-order valence-electron chi connectivity index (χ1n) is 6.47. The Bertz CT molecular complexity index is 549. The Morgan fingerprint density at radius 1 is 0.950 bits per heavy atom. The molecule has 0 aliphatic carbocycles. The Balaban J connectivity index is 2.11. The topological polar surface area (TPSA) is 26.0 Å². The van der Waals surface area contributed by atoms with E-state index in [1.165, 1.54) is 18.2 Å². The van der Waals surface area contributed by atoms with Crippen LogP contribution in [0.3, 0.4) is 0 Å². The summed E-state index contributed by atoms with van der Waals surface area (Å²) >= 11 is 3.38. The second kappa shape index (κ2) is 6.95. The van der Waals surface area contributed by atoms with Crippen molar-refractivity contribution in [2.75, 3.05) is 6.54 Å².